The van der Waals surface area contributed by atoms with Gasteiger partial charge in [-0.1, -0.05) is 256 Å². The van der Waals surface area contributed by atoms with Crippen molar-refractivity contribution in [1.29, 1.82) is 0 Å². The van der Waals surface area contributed by atoms with Crippen molar-refractivity contribution < 1.29 is 47.8 Å². The number of unbranched alkanes of at least 4 members (excludes halogenated alkanes) is 37. The number of phosphoric acid groups is 1. The van der Waals surface area contributed by atoms with Gasteiger partial charge >= 0.3 is 19.8 Å². The standard InChI is InChI=1S/C57H109O10P/c1-3-5-7-9-11-13-15-17-19-21-23-25-27-29-31-33-35-37-39-41-43-45-47-49-57(61)67-55(53-66-68(62,63)65-51-54(59)50-58)52-64-56(60)48-46-44-42-40-38-36-34-32-30-28-26-24-22-20-18-16-14-12-10-8-6-4-2/h15,17,21,23,54-55,58-59H,3-14,16,18-20,22,24-53H2,1-2H3,(H,62,63)/b17-15-,23-21-. The third kappa shape index (κ3) is 52.3. The van der Waals surface area contributed by atoms with E-state index >= 15 is 0 Å². The van der Waals surface area contributed by atoms with Crippen LogP contribution in [0.15, 0.2) is 24.3 Å². The summed E-state index contributed by atoms with van der Waals surface area (Å²) in [5.41, 5.74) is 0. The molecule has 0 bridgehead atoms. The summed E-state index contributed by atoms with van der Waals surface area (Å²) in [5.74, 6) is -0.909. The highest BCUT2D eigenvalue weighted by Crippen LogP contribution is 2.43. The Kier molecular flexibility index (Phi) is 52.0. The van der Waals surface area contributed by atoms with Crippen LogP contribution in [0.4, 0.5) is 0 Å². The van der Waals surface area contributed by atoms with Crippen molar-refractivity contribution in [2.24, 2.45) is 0 Å². The molecule has 402 valence electrons. The summed E-state index contributed by atoms with van der Waals surface area (Å²) in [6.45, 7) is 2.44. The normalized spacial score (nSPS) is 13.7. The zero-order valence-electron chi connectivity index (χ0n) is 44.3. The Bertz CT molecular complexity index is 1180. The molecule has 0 aliphatic carbocycles. The van der Waals surface area contributed by atoms with E-state index in [1.54, 1.807) is 0 Å². The van der Waals surface area contributed by atoms with E-state index in [1.807, 2.05) is 0 Å². The Morgan fingerprint density at radius 2 is 0.765 bits per heavy atom. The Morgan fingerprint density at radius 1 is 0.441 bits per heavy atom. The molecule has 0 aromatic rings. The van der Waals surface area contributed by atoms with Gasteiger partial charge in [0.2, 0.25) is 0 Å². The minimum Gasteiger partial charge on any atom is -0.462 e. The van der Waals surface area contributed by atoms with E-state index in [0.717, 1.165) is 38.5 Å². The Hall–Kier alpha value is -1.55. The van der Waals surface area contributed by atoms with Crippen molar-refractivity contribution in [3.05, 3.63) is 24.3 Å². The van der Waals surface area contributed by atoms with Crippen LogP contribution in [0.1, 0.15) is 290 Å². The summed E-state index contributed by atoms with van der Waals surface area (Å²) >= 11 is 0. The molecule has 0 saturated carbocycles. The molecule has 0 radical (unpaired) electrons. The van der Waals surface area contributed by atoms with Crippen LogP contribution in [-0.4, -0.2) is 65.7 Å². The highest BCUT2D eigenvalue weighted by molar-refractivity contribution is 7.47. The van der Waals surface area contributed by atoms with Crippen LogP contribution in [0.2, 0.25) is 0 Å². The first-order valence-corrected chi connectivity index (χ1v) is 30.3. The predicted octanol–water partition coefficient (Wildman–Crippen LogP) is 16.9. The quantitative estimate of drug-likeness (QED) is 0.0233. The molecule has 0 aromatic carbocycles. The molecule has 0 saturated heterocycles. The summed E-state index contributed by atoms with van der Waals surface area (Å²) < 4.78 is 33.0. The number of esters is 2. The number of rotatable bonds is 55. The summed E-state index contributed by atoms with van der Waals surface area (Å²) in [6, 6.07) is 0. The van der Waals surface area contributed by atoms with E-state index in [4.69, 9.17) is 23.6 Å². The van der Waals surface area contributed by atoms with E-state index in [0.29, 0.717) is 12.8 Å². The average Bonchev–Trinajstić information content (AvgIpc) is 3.33. The smallest absolute Gasteiger partial charge is 0.462 e. The van der Waals surface area contributed by atoms with Crippen LogP contribution in [0.3, 0.4) is 0 Å². The van der Waals surface area contributed by atoms with Gasteiger partial charge in [-0.15, -0.1) is 0 Å². The summed E-state index contributed by atoms with van der Waals surface area (Å²) in [4.78, 5) is 35.3. The number of hydrogen-bond donors (Lipinski definition) is 3. The van der Waals surface area contributed by atoms with Crippen LogP contribution in [-0.2, 0) is 32.7 Å². The number of aliphatic hydroxyl groups is 2. The van der Waals surface area contributed by atoms with E-state index in [-0.39, 0.29) is 19.4 Å². The third-order valence-electron chi connectivity index (χ3n) is 12.9. The Labute approximate surface area is 419 Å². The molecule has 3 atom stereocenters. The van der Waals surface area contributed by atoms with E-state index in [2.05, 4.69) is 38.2 Å². The largest absolute Gasteiger partial charge is 0.472 e. The zero-order valence-corrected chi connectivity index (χ0v) is 45.2. The van der Waals surface area contributed by atoms with Gasteiger partial charge in [0.1, 0.15) is 12.7 Å². The van der Waals surface area contributed by atoms with Crippen molar-refractivity contribution in [3.8, 4) is 0 Å². The molecule has 0 fully saturated rings. The molecular weight excluding hydrogens is 876 g/mol. The van der Waals surface area contributed by atoms with Crippen LogP contribution >= 0.6 is 7.82 Å². The van der Waals surface area contributed by atoms with E-state index < -0.39 is 51.8 Å². The van der Waals surface area contributed by atoms with E-state index in [1.165, 1.54) is 212 Å². The molecule has 10 nitrogen and oxygen atoms in total. The fraction of sp³-hybridized carbons (Fsp3) is 0.895. The topological polar surface area (TPSA) is 149 Å². The second-order valence-electron chi connectivity index (χ2n) is 19.7. The van der Waals surface area contributed by atoms with Crippen molar-refractivity contribution in [2.75, 3.05) is 26.4 Å². The van der Waals surface area contributed by atoms with Crippen LogP contribution in [0.5, 0.6) is 0 Å². The Morgan fingerprint density at radius 3 is 1.13 bits per heavy atom. The van der Waals surface area contributed by atoms with Gasteiger partial charge in [0.25, 0.3) is 0 Å². The monoisotopic (exact) mass is 985 g/mol. The predicted molar refractivity (Wildman–Crippen MR) is 284 cm³/mol. The van der Waals surface area contributed by atoms with Crippen LogP contribution in [0.25, 0.3) is 0 Å². The lowest BCUT2D eigenvalue weighted by atomic mass is 10.0. The number of phosphoric ester groups is 1. The van der Waals surface area contributed by atoms with Crippen LogP contribution in [0, 0.1) is 0 Å². The molecule has 0 spiro atoms. The maximum absolute atomic E-state index is 12.7. The van der Waals surface area contributed by atoms with Gasteiger partial charge in [-0.2, -0.15) is 0 Å². The fourth-order valence-corrected chi connectivity index (χ4v) is 9.23. The molecular formula is C57H109O10P. The molecule has 68 heavy (non-hydrogen) atoms. The van der Waals surface area contributed by atoms with E-state index in [9.17, 15) is 24.2 Å². The number of carbonyl (C=O) groups excluding carboxylic acids is 2. The van der Waals surface area contributed by atoms with Gasteiger partial charge < -0.3 is 24.6 Å². The second kappa shape index (κ2) is 53.3. The minimum absolute atomic E-state index is 0.185. The second-order valence-corrected chi connectivity index (χ2v) is 21.1. The fourth-order valence-electron chi connectivity index (χ4n) is 8.44. The summed E-state index contributed by atoms with van der Waals surface area (Å²) in [5, 5.41) is 18.4. The van der Waals surface area contributed by atoms with Crippen LogP contribution < -0.4 is 0 Å². The number of hydrogen-bond acceptors (Lipinski definition) is 9. The molecule has 11 heteroatoms. The lowest BCUT2D eigenvalue weighted by molar-refractivity contribution is -0.161. The van der Waals surface area contributed by atoms with Gasteiger partial charge in [-0.3, -0.25) is 18.6 Å². The minimum atomic E-state index is -4.62. The SMILES string of the molecule is CCCCCCC/C=C\C/C=C\CCCCCCCCCCCCCC(=O)OC(COC(=O)CCCCCCCCCCCCCCCCCCCCCCCC)COP(=O)(O)OCC(O)CO. The zero-order chi connectivity index (χ0) is 49.7. The number of carbonyl (C=O) groups is 2. The van der Waals surface area contributed by atoms with Crippen molar-refractivity contribution in [2.45, 2.75) is 302 Å². The van der Waals surface area contributed by atoms with Crippen molar-refractivity contribution in [3.63, 3.8) is 0 Å². The van der Waals surface area contributed by atoms with Gasteiger partial charge in [0.15, 0.2) is 6.10 Å². The number of allylic oxidation sites excluding steroid dienone is 4. The highest BCUT2D eigenvalue weighted by Gasteiger charge is 2.27. The maximum Gasteiger partial charge on any atom is 0.472 e. The summed E-state index contributed by atoms with van der Waals surface area (Å²) in [6.07, 6.45) is 58.7. The average molecular weight is 985 g/mol. The first kappa shape index (κ1) is 66.5. The lowest BCUT2D eigenvalue weighted by Gasteiger charge is -2.20. The van der Waals surface area contributed by atoms with Gasteiger partial charge in [-0.05, 0) is 44.9 Å². The summed E-state index contributed by atoms with van der Waals surface area (Å²) in [7, 11) is -4.62. The maximum atomic E-state index is 12.7. The lowest BCUT2D eigenvalue weighted by Crippen LogP contribution is -2.29. The number of ether oxygens (including phenoxy) is 2. The molecule has 0 aromatic heterocycles. The molecule has 0 amide bonds. The van der Waals surface area contributed by atoms with Crippen molar-refractivity contribution >= 4 is 19.8 Å². The number of aliphatic hydroxyl groups excluding tert-OH is 2. The molecule has 0 heterocycles. The molecule has 0 aliphatic rings. The highest BCUT2D eigenvalue weighted by atomic mass is 31.2. The Balaban J connectivity index is 4.08. The van der Waals surface area contributed by atoms with Crippen molar-refractivity contribution in [1.82, 2.24) is 0 Å². The third-order valence-corrected chi connectivity index (χ3v) is 13.8. The first-order chi connectivity index (χ1) is 33.2. The molecule has 0 rings (SSSR count). The molecule has 3 N–H and O–H groups in total. The first-order valence-electron chi connectivity index (χ1n) is 28.8. The van der Waals surface area contributed by atoms with Gasteiger partial charge in [0.05, 0.1) is 19.8 Å². The van der Waals surface area contributed by atoms with Gasteiger partial charge in [-0.25, -0.2) is 4.57 Å². The van der Waals surface area contributed by atoms with Gasteiger partial charge in [0, 0.05) is 12.8 Å². The molecule has 3 unspecified atom stereocenters. The molecule has 0 aliphatic heterocycles.